The number of ether oxygens (including phenoxy) is 1. The van der Waals surface area contributed by atoms with Gasteiger partial charge in [0.2, 0.25) is 0 Å². The lowest BCUT2D eigenvalue weighted by Crippen LogP contribution is -2.07. The molecule has 0 aliphatic rings. The van der Waals surface area contributed by atoms with Gasteiger partial charge in [-0.25, -0.2) is 4.79 Å². The Morgan fingerprint density at radius 2 is 2.21 bits per heavy atom. The Labute approximate surface area is 125 Å². The van der Waals surface area contributed by atoms with E-state index in [9.17, 15) is 4.79 Å². The van der Waals surface area contributed by atoms with E-state index < -0.39 is 0 Å². The van der Waals surface area contributed by atoms with Crippen molar-refractivity contribution < 1.29 is 9.53 Å². The predicted molar refractivity (Wildman–Crippen MR) is 82.1 cm³/mol. The van der Waals surface area contributed by atoms with Crippen molar-refractivity contribution >= 4 is 33.2 Å². The maximum absolute atomic E-state index is 11.9. The summed E-state index contributed by atoms with van der Waals surface area (Å²) in [6.45, 7) is 4.34. The molecule has 2 nitrogen and oxygen atoms in total. The average Bonchev–Trinajstić information content (AvgIpc) is 2.94. The van der Waals surface area contributed by atoms with Gasteiger partial charge in [0, 0.05) is 0 Å². The summed E-state index contributed by atoms with van der Waals surface area (Å²) < 4.78 is 6.20. The number of thiophene rings is 1. The third-order valence-electron chi connectivity index (χ3n) is 3.06. The summed E-state index contributed by atoms with van der Waals surface area (Å²) in [5.41, 5.74) is 1.24. The molecule has 4 heteroatoms. The van der Waals surface area contributed by atoms with Gasteiger partial charge in [0.05, 0.1) is 4.47 Å². The molecule has 0 amide bonds. The van der Waals surface area contributed by atoms with Crippen LogP contribution >= 0.6 is 27.3 Å². The summed E-state index contributed by atoms with van der Waals surface area (Å²) >= 11 is 4.84. The number of esters is 1. The van der Waals surface area contributed by atoms with Crippen molar-refractivity contribution in [1.29, 1.82) is 0 Å². The Hall–Kier alpha value is -1.13. The zero-order chi connectivity index (χ0) is 13.8. The molecule has 1 aromatic carbocycles. The number of hydrogen-bond acceptors (Lipinski definition) is 3. The fraction of sp³-hybridized carbons (Fsp3) is 0.267. The number of rotatable bonds is 4. The molecule has 0 radical (unpaired) electrons. The Kier molecular flexibility index (Phi) is 4.77. The topological polar surface area (TPSA) is 26.3 Å². The van der Waals surface area contributed by atoms with E-state index in [2.05, 4.69) is 29.8 Å². The monoisotopic (exact) mass is 338 g/mol. The van der Waals surface area contributed by atoms with Crippen LogP contribution in [0.1, 0.15) is 41.4 Å². The lowest BCUT2D eigenvalue weighted by molar-refractivity contribution is 0.0738. The maximum atomic E-state index is 11.9. The lowest BCUT2D eigenvalue weighted by Gasteiger charge is -2.11. The number of hydrogen-bond donors (Lipinski definition) is 0. The SMILES string of the molecule is CCC(C)c1ccc(OC(=O)c2cccs2)c(Br)c1. The Morgan fingerprint density at radius 1 is 1.42 bits per heavy atom. The van der Waals surface area contributed by atoms with Gasteiger partial charge in [0.1, 0.15) is 10.6 Å². The summed E-state index contributed by atoms with van der Waals surface area (Å²) in [4.78, 5) is 12.5. The molecular formula is C15H15BrO2S. The molecule has 0 bridgehead atoms. The van der Waals surface area contributed by atoms with E-state index in [1.807, 2.05) is 29.6 Å². The highest BCUT2D eigenvalue weighted by molar-refractivity contribution is 9.10. The van der Waals surface area contributed by atoms with Crippen LogP contribution in [0.4, 0.5) is 0 Å². The van der Waals surface area contributed by atoms with Crippen molar-refractivity contribution in [2.75, 3.05) is 0 Å². The highest BCUT2D eigenvalue weighted by Crippen LogP contribution is 2.30. The first-order valence-corrected chi connectivity index (χ1v) is 7.84. The largest absolute Gasteiger partial charge is 0.421 e. The highest BCUT2D eigenvalue weighted by Gasteiger charge is 2.13. The first kappa shape index (κ1) is 14.3. The molecule has 100 valence electrons. The lowest BCUT2D eigenvalue weighted by atomic mass is 9.99. The zero-order valence-corrected chi connectivity index (χ0v) is 13.3. The molecule has 0 aliphatic carbocycles. The molecule has 2 rings (SSSR count). The van der Waals surface area contributed by atoms with Crippen LogP contribution in [0, 0.1) is 0 Å². The molecule has 1 unspecified atom stereocenters. The van der Waals surface area contributed by atoms with Gasteiger partial charge < -0.3 is 4.74 Å². The zero-order valence-electron chi connectivity index (χ0n) is 10.9. The normalized spacial score (nSPS) is 12.2. The Bertz CT molecular complexity index is 564. The van der Waals surface area contributed by atoms with Gasteiger partial charge in [0.15, 0.2) is 0 Å². The van der Waals surface area contributed by atoms with E-state index in [1.54, 1.807) is 6.07 Å². The molecular weight excluding hydrogens is 324 g/mol. The maximum Gasteiger partial charge on any atom is 0.353 e. The van der Waals surface area contributed by atoms with Crippen molar-refractivity contribution in [1.82, 2.24) is 0 Å². The second-order valence-corrected chi connectivity index (χ2v) is 6.17. The number of carbonyl (C=O) groups is 1. The summed E-state index contributed by atoms with van der Waals surface area (Å²) in [7, 11) is 0. The predicted octanol–water partition coefficient (Wildman–Crippen LogP) is 5.24. The minimum absolute atomic E-state index is 0.313. The smallest absolute Gasteiger partial charge is 0.353 e. The second-order valence-electron chi connectivity index (χ2n) is 4.37. The Balaban J connectivity index is 2.16. The van der Waals surface area contributed by atoms with E-state index in [0.29, 0.717) is 16.5 Å². The van der Waals surface area contributed by atoms with Crippen LogP contribution in [-0.4, -0.2) is 5.97 Å². The third-order valence-corrected chi connectivity index (χ3v) is 4.53. The molecule has 1 heterocycles. The average molecular weight is 339 g/mol. The summed E-state index contributed by atoms with van der Waals surface area (Å²) in [5, 5.41) is 1.86. The summed E-state index contributed by atoms with van der Waals surface area (Å²) in [6, 6.07) is 9.47. The van der Waals surface area contributed by atoms with E-state index in [1.165, 1.54) is 16.9 Å². The minimum Gasteiger partial charge on any atom is -0.421 e. The molecule has 0 spiro atoms. The highest BCUT2D eigenvalue weighted by atomic mass is 79.9. The molecule has 0 saturated carbocycles. The van der Waals surface area contributed by atoms with Crippen LogP contribution in [0.2, 0.25) is 0 Å². The van der Waals surface area contributed by atoms with E-state index in [4.69, 9.17) is 4.74 Å². The standard InChI is InChI=1S/C15H15BrO2S/c1-3-10(2)11-6-7-13(12(16)9-11)18-15(17)14-5-4-8-19-14/h4-10H,3H2,1-2H3. The first-order chi connectivity index (χ1) is 9.11. The van der Waals surface area contributed by atoms with Gasteiger partial charge in [0.25, 0.3) is 0 Å². The molecule has 0 N–H and O–H groups in total. The molecule has 1 atom stereocenters. The second kappa shape index (κ2) is 6.35. The molecule has 19 heavy (non-hydrogen) atoms. The van der Waals surface area contributed by atoms with Crippen molar-refractivity contribution in [3.63, 3.8) is 0 Å². The molecule has 0 saturated heterocycles. The van der Waals surface area contributed by atoms with Crippen LogP contribution in [-0.2, 0) is 0 Å². The van der Waals surface area contributed by atoms with Crippen LogP contribution < -0.4 is 4.74 Å². The van der Waals surface area contributed by atoms with Crippen LogP contribution in [0.25, 0.3) is 0 Å². The van der Waals surface area contributed by atoms with Crippen LogP contribution in [0.5, 0.6) is 5.75 Å². The van der Waals surface area contributed by atoms with Gasteiger partial charge >= 0.3 is 5.97 Å². The van der Waals surface area contributed by atoms with Gasteiger partial charge in [-0.1, -0.05) is 26.0 Å². The van der Waals surface area contributed by atoms with Crippen molar-refractivity contribution in [3.05, 3.63) is 50.6 Å². The summed E-state index contributed by atoms with van der Waals surface area (Å²) in [6.07, 6.45) is 1.08. The van der Waals surface area contributed by atoms with Crippen molar-refractivity contribution in [3.8, 4) is 5.75 Å². The molecule has 2 aromatic rings. The fourth-order valence-corrected chi connectivity index (χ4v) is 2.76. The molecule has 0 fully saturated rings. The quantitative estimate of drug-likeness (QED) is 0.562. The van der Waals surface area contributed by atoms with Gasteiger partial charge in [-0.05, 0) is 57.4 Å². The van der Waals surface area contributed by atoms with E-state index in [-0.39, 0.29) is 5.97 Å². The summed E-state index contributed by atoms with van der Waals surface area (Å²) in [5.74, 6) is 0.746. The number of halogens is 1. The number of benzene rings is 1. The van der Waals surface area contributed by atoms with Crippen molar-refractivity contribution in [2.24, 2.45) is 0 Å². The number of carbonyl (C=O) groups excluding carboxylic acids is 1. The van der Waals surface area contributed by atoms with Gasteiger partial charge in [-0.15, -0.1) is 11.3 Å². The first-order valence-electron chi connectivity index (χ1n) is 6.17. The fourth-order valence-electron chi connectivity index (χ4n) is 1.69. The van der Waals surface area contributed by atoms with Crippen LogP contribution in [0.3, 0.4) is 0 Å². The van der Waals surface area contributed by atoms with Crippen molar-refractivity contribution in [2.45, 2.75) is 26.2 Å². The van der Waals surface area contributed by atoms with Gasteiger partial charge in [-0.2, -0.15) is 0 Å². The minimum atomic E-state index is -0.313. The van der Waals surface area contributed by atoms with Crippen LogP contribution in [0.15, 0.2) is 40.2 Å². The molecule has 0 aliphatic heterocycles. The van der Waals surface area contributed by atoms with E-state index >= 15 is 0 Å². The molecule has 1 aromatic heterocycles. The van der Waals surface area contributed by atoms with E-state index in [0.717, 1.165) is 10.9 Å². The Morgan fingerprint density at radius 3 is 2.79 bits per heavy atom. The third kappa shape index (κ3) is 3.45. The van der Waals surface area contributed by atoms with Gasteiger partial charge in [-0.3, -0.25) is 0 Å².